The Labute approximate surface area is 131 Å². The van der Waals surface area contributed by atoms with E-state index >= 15 is 0 Å². The minimum Gasteiger partial charge on any atom is -0.369 e. The minimum atomic E-state index is -0.230. The van der Waals surface area contributed by atoms with Crippen molar-refractivity contribution in [2.45, 2.75) is 25.8 Å². The molecular weight excluding hydrogens is 332 g/mol. The Morgan fingerprint density at radius 1 is 1.38 bits per heavy atom. The van der Waals surface area contributed by atoms with Gasteiger partial charge in [0.15, 0.2) is 0 Å². The molecule has 2 N–H and O–H groups in total. The molecule has 0 radical (unpaired) electrons. The van der Waals surface area contributed by atoms with Gasteiger partial charge in [-0.25, -0.2) is 9.97 Å². The molecule has 0 unspecified atom stereocenters. The predicted molar refractivity (Wildman–Crippen MR) is 86.0 cm³/mol. The summed E-state index contributed by atoms with van der Waals surface area (Å²) in [5, 5.41) is 0.990. The van der Waals surface area contributed by atoms with Gasteiger partial charge in [-0.15, -0.1) is 0 Å². The first-order valence-corrected chi connectivity index (χ1v) is 7.82. The van der Waals surface area contributed by atoms with Crippen molar-refractivity contribution in [3.8, 4) is 0 Å². The molecule has 1 amide bonds. The van der Waals surface area contributed by atoms with E-state index in [0.717, 1.165) is 34.0 Å². The van der Waals surface area contributed by atoms with Crippen LogP contribution in [0, 0.1) is 5.92 Å². The molecule has 2 heterocycles. The second kappa shape index (κ2) is 5.60. The number of carbonyl (C=O) groups is 1. The molecule has 1 saturated heterocycles. The molecule has 1 aromatic heterocycles. The van der Waals surface area contributed by atoms with Crippen LogP contribution in [0.1, 0.15) is 19.8 Å². The monoisotopic (exact) mass is 348 g/mol. The van der Waals surface area contributed by atoms with E-state index in [0.29, 0.717) is 12.6 Å². The zero-order chi connectivity index (χ0) is 15.0. The van der Waals surface area contributed by atoms with Crippen LogP contribution >= 0.6 is 15.9 Å². The van der Waals surface area contributed by atoms with Crippen LogP contribution in [0.4, 0.5) is 5.82 Å². The van der Waals surface area contributed by atoms with Crippen LogP contribution in [0.15, 0.2) is 29.0 Å². The third-order valence-electron chi connectivity index (χ3n) is 4.15. The van der Waals surface area contributed by atoms with Crippen molar-refractivity contribution < 1.29 is 4.79 Å². The lowest BCUT2D eigenvalue weighted by atomic mass is 9.92. The first-order chi connectivity index (χ1) is 10.1. The molecule has 110 valence electrons. The molecule has 2 atom stereocenters. The summed E-state index contributed by atoms with van der Waals surface area (Å²) in [7, 11) is 0. The molecule has 0 spiro atoms. The molecule has 1 aliphatic rings. The molecule has 0 saturated carbocycles. The fourth-order valence-corrected chi connectivity index (χ4v) is 3.37. The maximum absolute atomic E-state index is 11.5. The van der Waals surface area contributed by atoms with Crippen LogP contribution in [0.25, 0.3) is 10.9 Å². The average molecular weight is 349 g/mol. The second-order valence-corrected chi connectivity index (χ2v) is 6.37. The van der Waals surface area contributed by atoms with Gasteiger partial charge in [0, 0.05) is 22.4 Å². The van der Waals surface area contributed by atoms with Crippen molar-refractivity contribution in [1.29, 1.82) is 0 Å². The van der Waals surface area contributed by atoms with E-state index in [9.17, 15) is 4.79 Å². The highest BCUT2D eigenvalue weighted by Gasteiger charge is 2.30. The van der Waals surface area contributed by atoms with E-state index in [2.05, 4.69) is 37.7 Å². The number of anilines is 1. The van der Waals surface area contributed by atoms with Crippen LogP contribution in [0.3, 0.4) is 0 Å². The van der Waals surface area contributed by atoms with E-state index in [1.165, 1.54) is 0 Å². The van der Waals surface area contributed by atoms with Crippen LogP contribution in [0.5, 0.6) is 0 Å². The van der Waals surface area contributed by atoms with E-state index in [1.54, 1.807) is 6.33 Å². The third-order valence-corrected chi connectivity index (χ3v) is 4.79. The van der Waals surface area contributed by atoms with E-state index in [4.69, 9.17) is 5.73 Å². The third kappa shape index (κ3) is 2.60. The summed E-state index contributed by atoms with van der Waals surface area (Å²) in [6.07, 6.45) is 3.36. The van der Waals surface area contributed by atoms with Gasteiger partial charge in [-0.1, -0.05) is 6.07 Å². The maximum atomic E-state index is 11.5. The first-order valence-electron chi connectivity index (χ1n) is 7.03. The highest BCUT2D eigenvalue weighted by Crippen LogP contribution is 2.32. The number of nitrogens with zero attached hydrogens (tertiary/aromatic N) is 3. The number of rotatable bonds is 2. The molecule has 0 aliphatic carbocycles. The van der Waals surface area contributed by atoms with E-state index in [1.807, 2.05) is 18.2 Å². The van der Waals surface area contributed by atoms with Gasteiger partial charge in [0.2, 0.25) is 5.91 Å². The van der Waals surface area contributed by atoms with Crippen molar-refractivity contribution in [2.24, 2.45) is 11.7 Å². The zero-order valence-electron chi connectivity index (χ0n) is 11.8. The predicted octanol–water partition coefficient (Wildman–Crippen LogP) is 2.48. The zero-order valence-corrected chi connectivity index (χ0v) is 13.4. The van der Waals surface area contributed by atoms with Gasteiger partial charge in [0.05, 0.1) is 11.4 Å². The number of carbonyl (C=O) groups excluding carboxylic acids is 1. The van der Waals surface area contributed by atoms with Gasteiger partial charge in [-0.3, -0.25) is 4.79 Å². The number of hydrogen-bond acceptors (Lipinski definition) is 4. The number of aromatic nitrogens is 2. The quantitative estimate of drug-likeness (QED) is 0.904. The summed E-state index contributed by atoms with van der Waals surface area (Å²) in [4.78, 5) is 22.5. The maximum Gasteiger partial charge on any atom is 0.222 e. The molecule has 0 bridgehead atoms. The Bertz CT molecular complexity index is 690. The van der Waals surface area contributed by atoms with Crippen molar-refractivity contribution >= 4 is 38.6 Å². The SMILES string of the molecule is C[C@@H]1CC[C@@H](C(N)=O)CN1c1ncnc2c(Br)cccc12. The number of fused-ring (bicyclic) bond motifs is 1. The Hall–Kier alpha value is -1.69. The molecule has 3 rings (SSSR count). The number of amides is 1. The smallest absolute Gasteiger partial charge is 0.222 e. The lowest BCUT2D eigenvalue weighted by Gasteiger charge is -2.38. The molecule has 1 aliphatic heterocycles. The largest absolute Gasteiger partial charge is 0.369 e. The number of para-hydroxylation sites is 1. The first kappa shape index (κ1) is 14.3. The highest BCUT2D eigenvalue weighted by molar-refractivity contribution is 9.10. The highest BCUT2D eigenvalue weighted by atomic mass is 79.9. The van der Waals surface area contributed by atoms with Gasteiger partial charge in [0.1, 0.15) is 12.1 Å². The van der Waals surface area contributed by atoms with Crippen molar-refractivity contribution in [2.75, 3.05) is 11.4 Å². The summed E-state index contributed by atoms with van der Waals surface area (Å²) in [5.74, 6) is 0.532. The van der Waals surface area contributed by atoms with Crippen LogP contribution < -0.4 is 10.6 Å². The Balaban J connectivity index is 2.06. The minimum absolute atomic E-state index is 0.113. The molecule has 2 aromatic rings. The summed E-state index contributed by atoms with van der Waals surface area (Å²) in [6, 6.07) is 6.28. The molecule has 1 fully saturated rings. The lowest BCUT2D eigenvalue weighted by molar-refractivity contribution is -0.122. The second-order valence-electron chi connectivity index (χ2n) is 5.51. The number of hydrogen-bond donors (Lipinski definition) is 1. The molecule has 6 heteroatoms. The summed E-state index contributed by atoms with van der Waals surface area (Å²) < 4.78 is 0.944. The van der Waals surface area contributed by atoms with Crippen LogP contribution in [-0.4, -0.2) is 28.5 Å². The van der Waals surface area contributed by atoms with Crippen molar-refractivity contribution in [3.05, 3.63) is 29.0 Å². The number of piperidine rings is 1. The number of halogens is 1. The molecular formula is C15H17BrN4O. The Morgan fingerprint density at radius 2 is 2.19 bits per heavy atom. The fraction of sp³-hybridized carbons (Fsp3) is 0.400. The molecule has 1 aromatic carbocycles. The lowest BCUT2D eigenvalue weighted by Crippen LogP contribution is -2.46. The summed E-state index contributed by atoms with van der Waals surface area (Å²) in [6.45, 7) is 2.78. The van der Waals surface area contributed by atoms with Gasteiger partial charge in [-0.2, -0.15) is 0 Å². The van der Waals surface area contributed by atoms with E-state index in [-0.39, 0.29) is 11.8 Å². The topological polar surface area (TPSA) is 72.1 Å². The molecule has 5 nitrogen and oxygen atoms in total. The molecule has 21 heavy (non-hydrogen) atoms. The van der Waals surface area contributed by atoms with Crippen molar-refractivity contribution in [3.63, 3.8) is 0 Å². The van der Waals surface area contributed by atoms with Gasteiger partial charge >= 0.3 is 0 Å². The fourth-order valence-electron chi connectivity index (χ4n) is 2.90. The Kier molecular flexibility index (Phi) is 3.80. The average Bonchev–Trinajstić information content (AvgIpc) is 2.47. The van der Waals surface area contributed by atoms with Crippen molar-refractivity contribution in [1.82, 2.24) is 9.97 Å². The van der Waals surface area contributed by atoms with Crippen LogP contribution in [0.2, 0.25) is 0 Å². The van der Waals surface area contributed by atoms with Gasteiger partial charge in [-0.05, 0) is 47.8 Å². The standard InChI is InChI=1S/C15H17BrN4O/c1-9-5-6-10(14(17)21)7-20(9)15-11-3-2-4-12(16)13(11)18-8-19-15/h2-4,8-10H,5-7H2,1H3,(H2,17,21)/t9-,10-/m1/s1. The summed E-state index contributed by atoms with van der Waals surface area (Å²) >= 11 is 3.52. The summed E-state index contributed by atoms with van der Waals surface area (Å²) in [5.41, 5.74) is 6.37. The van der Waals surface area contributed by atoms with Gasteiger partial charge < -0.3 is 10.6 Å². The number of benzene rings is 1. The van der Waals surface area contributed by atoms with Crippen LogP contribution in [-0.2, 0) is 4.79 Å². The normalized spacial score (nSPS) is 22.5. The Morgan fingerprint density at radius 3 is 2.95 bits per heavy atom. The van der Waals surface area contributed by atoms with E-state index < -0.39 is 0 Å². The number of nitrogens with two attached hydrogens (primary N) is 1. The number of primary amides is 1. The van der Waals surface area contributed by atoms with Gasteiger partial charge in [0.25, 0.3) is 0 Å².